The maximum Gasteiger partial charge on any atom is 0.325 e. The van der Waals surface area contributed by atoms with Gasteiger partial charge in [0.1, 0.15) is 17.9 Å². The Bertz CT molecular complexity index is 1340. The first-order chi connectivity index (χ1) is 15.0. The number of esters is 1. The average Bonchev–Trinajstić information content (AvgIpc) is 3.26. The van der Waals surface area contributed by atoms with Crippen LogP contribution in [0, 0.1) is 5.82 Å². The second-order valence-corrected chi connectivity index (χ2v) is 6.84. The van der Waals surface area contributed by atoms with E-state index in [1.807, 2.05) is 0 Å². The zero-order chi connectivity index (χ0) is 22.0. The van der Waals surface area contributed by atoms with E-state index in [0.717, 1.165) is 5.56 Å². The highest BCUT2D eigenvalue weighted by atomic mass is 19.1. The molecule has 1 N–H and O–H groups in total. The zero-order valence-electron chi connectivity index (χ0n) is 16.7. The predicted molar refractivity (Wildman–Crippen MR) is 111 cm³/mol. The number of rotatable bonds is 6. The molecule has 0 aliphatic carbocycles. The number of amides is 1. The molecule has 1 amide bonds. The van der Waals surface area contributed by atoms with Gasteiger partial charge in [-0.3, -0.25) is 14.4 Å². The van der Waals surface area contributed by atoms with Gasteiger partial charge in [0, 0.05) is 5.56 Å². The topological polar surface area (TPSA) is 94.7 Å². The summed E-state index contributed by atoms with van der Waals surface area (Å²) < 4.78 is 21.1. The number of hydrogen-bond acceptors (Lipinski definition) is 5. The van der Waals surface area contributed by atoms with Crippen molar-refractivity contribution >= 4 is 28.4 Å². The number of nitrogens with zero attached hydrogens (tertiary/aromatic N) is 3. The maximum absolute atomic E-state index is 13.3. The van der Waals surface area contributed by atoms with Gasteiger partial charge in [0.15, 0.2) is 0 Å². The fraction of sp³-hybridized carbons (Fsp3) is 0.182. The molecule has 4 aromatic rings. The van der Waals surface area contributed by atoms with Crippen LogP contribution < -0.4 is 10.9 Å². The zero-order valence-corrected chi connectivity index (χ0v) is 16.7. The molecular formula is C22H19FN4O4. The van der Waals surface area contributed by atoms with Gasteiger partial charge in [-0.05, 0) is 48.9 Å². The fourth-order valence-electron chi connectivity index (χ4n) is 3.36. The first kappa shape index (κ1) is 20.3. The number of halogens is 1. The lowest BCUT2D eigenvalue weighted by Crippen LogP contribution is -2.31. The molecule has 158 valence electrons. The number of fused-ring (bicyclic) bond motifs is 3. The van der Waals surface area contributed by atoms with Crippen LogP contribution in [0.25, 0.3) is 16.6 Å². The largest absolute Gasteiger partial charge is 0.465 e. The molecule has 0 unspecified atom stereocenters. The number of aromatic nitrogens is 3. The van der Waals surface area contributed by atoms with Crippen molar-refractivity contribution in [3.8, 4) is 0 Å². The molecule has 2 heterocycles. The van der Waals surface area contributed by atoms with Crippen LogP contribution in [0.3, 0.4) is 0 Å². The monoisotopic (exact) mass is 422 g/mol. The second-order valence-electron chi connectivity index (χ2n) is 6.84. The van der Waals surface area contributed by atoms with E-state index in [4.69, 9.17) is 4.74 Å². The third kappa shape index (κ3) is 4.02. The number of benzene rings is 2. The summed E-state index contributed by atoms with van der Waals surface area (Å²) in [5.74, 6) is -1.38. The van der Waals surface area contributed by atoms with Gasteiger partial charge >= 0.3 is 5.97 Å². The molecule has 4 rings (SSSR count). The molecule has 2 aromatic carbocycles. The predicted octanol–water partition coefficient (Wildman–Crippen LogP) is 2.13. The number of carbonyl (C=O) groups is 2. The third-order valence-corrected chi connectivity index (χ3v) is 4.82. The lowest BCUT2D eigenvalue weighted by atomic mass is 10.1. The number of nitrogens with one attached hydrogen (secondary N) is 1. The van der Waals surface area contributed by atoms with Crippen molar-refractivity contribution in [1.29, 1.82) is 0 Å². The van der Waals surface area contributed by atoms with Crippen LogP contribution in [0.4, 0.5) is 4.39 Å². The molecule has 0 aliphatic heterocycles. The fourth-order valence-corrected chi connectivity index (χ4v) is 3.36. The van der Waals surface area contributed by atoms with E-state index in [-0.39, 0.29) is 36.6 Å². The van der Waals surface area contributed by atoms with Crippen molar-refractivity contribution in [3.63, 3.8) is 0 Å². The van der Waals surface area contributed by atoms with E-state index in [0.29, 0.717) is 16.6 Å². The summed E-state index contributed by atoms with van der Waals surface area (Å²) in [4.78, 5) is 37.2. The number of carbonyl (C=O) groups excluding carboxylic acids is 2. The van der Waals surface area contributed by atoms with Gasteiger partial charge in [0.2, 0.25) is 0 Å². The van der Waals surface area contributed by atoms with Crippen LogP contribution in [-0.2, 0) is 16.1 Å². The van der Waals surface area contributed by atoms with Crippen molar-refractivity contribution in [2.45, 2.75) is 13.5 Å². The van der Waals surface area contributed by atoms with Gasteiger partial charge in [-0.2, -0.15) is 5.10 Å². The standard InChI is InChI=1S/C22H19FN4O4/c1-2-31-20(28)12-24-21(29)15-5-8-17-19(11-15)26(13-14-3-6-16(23)7-4-14)22(30)18-9-10-25-27(17)18/h3-11H,2,12-13H2,1H3,(H,24,29). The van der Waals surface area contributed by atoms with Crippen LogP contribution in [0.5, 0.6) is 0 Å². The molecular weight excluding hydrogens is 403 g/mol. The van der Waals surface area contributed by atoms with E-state index in [2.05, 4.69) is 10.4 Å². The van der Waals surface area contributed by atoms with Crippen LogP contribution in [0.15, 0.2) is 59.5 Å². The summed E-state index contributed by atoms with van der Waals surface area (Å²) in [7, 11) is 0. The Hall–Kier alpha value is -4.01. The van der Waals surface area contributed by atoms with Crippen LogP contribution in [-0.4, -0.2) is 39.2 Å². The lowest BCUT2D eigenvalue weighted by Gasteiger charge is -2.13. The van der Waals surface area contributed by atoms with Gasteiger partial charge in [0.25, 0.3) is 11.5 Å². The Kier molecular flexibility index (Phi) is 5.48. The first-order valence-electron chi connectivity index (χ1n) is 9.66. The molecule has 0 aliphatic rings. The molecule has 0 saturated heterocycles. The smallest absolute Gasteiger partial charge is 0.325 e. The van der Waals surface area contributed by atoms with Crippen LogP contribution in [0.1, 0.15) is 22.8 Å². The summed E-state index contributed by atoms with van der Waals surface area (Å²) >= 11 is 0. The highest BCUT2D eigenvalue weighted by Crippen LogP contribution is 2.18. The van der Waals surface area contributed by atoms with E-state index in [9.17, 15) is 18.8 Å². The average molecular weight is 422 g/mol. The summed E-state index contributed by atoms with van der Waals surface area (Å²) in [6.07, 6.45) is 1.53. The second kappa shape index (κ2) is 8.39. The number of hydrogen-bond donors (Lipinski definition) is 1. The molecule has 8 nitrogen and oxygen atoms in total. The van der Waals surface area contributed by atoms with Gasteiger partial charge in [-0.15, -0.1) is 0 Å². The molecule has 0 atom stereocenters. The minimum absolute atomic E-state index is 0.186. The molecule has 0 saturated carbocycles. The molecule has 0 radical (unpaired) electrons. The van der Waals surface area contributed by atoms with Gasteiger partial charge in [-0.1, -0.05) is 12.1 Å². The molecule has 9 heteroatoms. The summed E-state index contributed by atoms with van der Waals surface area (Å²) in [6.45, 7) is 1.83. The lowest BCUT2D eigenvalue weighted by molar-refractivity contribution is -0.141. The van der Waals surface area contributed by atoms with Crippen molar-refractivity contribution in [1.82, 2.24) is 19.5 Å². The van der Waals surface area contributed by atoms with E-state index in [1.165, 1.54) is 27.4 Å². The van der Waals surface area contributed by atoms with Crippen LogP contribution in [0.2, 0.25) is 0 Å². The summed E-state index contributed by atoms with van der Waals surface area (Å²) in [5, 5.41) is 6.72. The van der Waals surface area contributed by atoms with E-state index in [1.54, 1.807) is 43.3 Å². The highest BCUT2D eigenvalue weighted by molar-refractivity contribution is 5.98. The Balaban J connectivity index is 1.78. The van der Waals surface area contributed by atoms with Crippen molar-refractivity contribution in [3.05, 3.63) is 82.0 Å². The molecule has 0 fully saturated rings. The van der Waals surface area contributed by atoms with Crippen molar-refractivity contribution < 1.29 is 18.7 Å². The Morgan fingerprint density at radius 2 is 1.84 bits per heavy atom. The Labute approximate surface area is 175 Å². The molecule has 31 heavy (non-hydrogen) atoms. The summed E-state index contributed by atoms with van der Waals surface area (Å²) in [5.41, 5.74) is 2.20. The van der Waals surface area contributed by atoms with Gasteiger partial charge in [0.05, 0.1) is 30.4 Å². The van der Waals surface area contributed by atoms with Crippen molar-refractivity contribution in [2.75, 3.05) is 13.2 Å². The maximum atomic E-state index is 13.3. The van der Waals surface area contributed by atoms with Gasteiger partial charge in [-0.25, -0.2) is 8.91 Å². The number of ether oxygens (including phenoxy) is 1. The third-order valence-electron chi connectivity index (χ3n) is 4.82. The Morgan fingerprint density at radius 1 is 1.06 bits per heavy atom. The Morgan fingerprint density at radius 3 is 2.58 bits per heavy atom. The van der Waals surface area contributed by atoms with E-state index >= 15 is 0 Å². The highest BCUT2D eigenvalue weighted by Gasteiger charge is 2.15. The quantitative estimate of drug-likeness (QED) is 0.481. The SMILES string of the molecule is CCOC(=O)CNC(=O)c1ccc2c(c1)n(Cc1ccc(F)cc1)c(=O)c1ccnn12. The summed E-state index contributed by atoms with van der Waals surface area (Å²) in [6, 6.07) is 12.3. The van der Waals surface area contributed by atoms with Gasteiger partial charge < -0.3 is 14.6 Å². The van der Waals surface area contributed by atoms with Crippen molar-refractivity contribution in [2.24, 2.45) is 0 Å². The molecule has 0 spiro atoms. The van der Waals surface area contributed by atoms with E-state index < -0.39 is 11.9 Å². The normalized spacial score (nSPS) is 11.0. The minimum Gasteiger partial charge on any atom is -0.465 e. The molecule has 0 bridgehead atoms. The minimum atomic E-state index is -0.539. The molecule has 2 aromatic heterocycles. The first-order valence-corrected chi connectivity index (χ1v) is 9.66. The van der Waals surface area contributed by atoms with Crippen LogP contribution >= 0.6 is 0 Å².